The minimum Gasteiger partial charge on any atom is -0.444 e. The lowest BCUT2D eigenvalue weighted by molar-refractivity contribution is -0.131. The monoisotopic (exact) mass is 520 g/mol. The molecule has 2 aliphatic rings. The molecule has 2 aromatic rings. The Kier molecular flexibility index (Phi) is 8.00. The third-order valence-electron chi connectivity index (χ3n) is 7.61. The van der Waals surface area contributed by atoms with Crippen LogP contribution in [0.25, 0.3) is 0 Å². The number of hydrogen-bond donors (Lipinski definition) is 1. The maximum Gasteiger partial charge on any atom is 0.411 e. The first-order chi connectivity index (χ1) is 18.1. The molecule has 0 aliphatic carbocycles. The summed E-state index contributed by atoms with van der Waals surface area (Å²) >= 11 is 0. The second-order valence-electron chi connectivity index (χ2n) is 10.2. The van der Waals surface area contributed by atoms with E-state index in [0.717, 1.165) is 12.0 Å². The number of nitrogens with one attached hydrogen (secondary N) is 1. The highest BCUT2D eigenvalue weighted by molar-refractivity contribution is 5.97. The van der Waals surface area contributed by atoms with E-state index in [1.165, 1.54) is 6.92 Å². The standard InChI is InChI=1S/C29H33FN4O4/c1-19-6-11-24(32-28(37)38-25-5-4-13-33(18-25)21(3)35)15-26(19)27(36)34-14-12-29(30,20(2)17-34)23-9-7-22(16-31)8-10-23/h6-11,15,20,25H,4-5,12-14,17-18H2,1-3H3,(H,32,37). The molecule has 2 saturated heterocycles. The van der Waals surface area contributed by atoms with E-state index in [1.54, 1.807) is 59.2 Å². The molecular formula is C29H33FN4O4. The van der Waals surface area contributed by atoms with E-state index < -0.39 is 17.7 Å². The van der Waals surface area contributed by atoms with E-state index >= 15 is 4.39 Å². The van der Waals surface area contributed by atoms with Crippen LogP contribution >= 0.6 is 0 Å². The number of ether oxygens (including phenoxy) is 1. The molecule has 0 spiro atoms. The van der Waals surface area contributed by atoms with Crippen molar-refractivity contribution in [2.45, 2.75) is 51.8 Å². The number of aryl methyl sites for hydroxylation is 1. The minimum atomic E-state index is -1.59. The number of nitrogens with zero attached hydrogens (tertiary/aromatic N) is 3. The summed E-state index contributed by atoms with van der Waals surface area (Å²) in [5, 5.41) is 11.7. The van der Waals surface area contributed by atoms with Gasteiger partial charge in [-0.3, -0.25) is 14.9 Å². The van der Waals surface area contributed by atoms with Gasteiger partial charge in [0, 0.05) is 50.1 Å². The van der Waals surface area contributed by atoms with Gasteiger partial charge in [0.1, 0.15) is 11.8 Å². The van der Waals surface area contributed by atoms with Gasteiger partial charge in [-0.05, 0) is 55.2 Å². The van der Waals surface area contributed by atoms with Crippen molar-refractivity contribution >= 4 is 23.6 Å². The zero-order valence-electron chi connectivity index (χ0n) is 22.0. The molecular weight excluding hydrogens is 487 g/mol. The van der Waals surface area contributed by atoms with Crippen LogP contribution < -0.4 is 5.32 Å². The van der Waals surface area contributed by atoms with Crippen LogP contribution in [0.3, 0.4) is 0 Å². The Labute approximate surface area is 222 Å². The third-order valence-corrected chi connectivity index (χ3v) is 7.61. The Morgan fingerprint density at radius 1 is 1.11 bits per heavy atom. The number of carbonyl (C=O) groups excluding carboxylic acids is 3. The normalized spacial score (nSPS) is 23.3. The van der Waals surface area contributed by atoms with Crippen molar-refractivity contribution in [1.82, 2.24) is 9.80 Å². The molecule has 3 amide bonds. The minimum absolute atomic E-state index is 0.0469. The molecule has 3 unspecified atom stereocenters. The summed E-state index contributed by atoms with van der Waals surface area (Å²) in [7, 11) is 0. The van der Waals surface area contributed by atoms with E-state index in [9.17, 15) is 14.4 Å². The van der Waals surface area contributed by atoms with Gasteiger partial charge >= 0.3 is 6.09 Å². The summed E-state index contributed by atoms with van der Waals surface area (Å²) in [6.07, 6.45) is 0.569. The summed E-state index contributed by atoms with van der Waals surface area (Å²) in [4.78, 5) is 40.9. The van der Waals surface area contributed by atoms with Crippen molar-refractivity contribution in [3.63, 3.8) is 0 Å². The largest absolute Gasteiger partial charge is 0.444 e. The van der Waals surface area contributed by atoms with Gasteiger partial charge in [-0.2, -0.15) is 5.26 Å². The fourth-order valence-electron chi connectivity index (χ4n) is 5.27. The summed E-state index contributed by atoms with van der Waals surface area (Å²) in [5.41, 5.74) is 0.994. The average molecular weight is 521 g/mol. The SMILES string of the molecule is CC(=O)N1CCCC(OC(=O)Nc2ccc(C)c(C(=O)N3CCC(F)(c4ccc(C#N)cc4)C(C)C3)c2)C1. The highest BCUT2D eigenvalue weighted by Crippen LogP contribution is 2.41. The smallest absolute Gasteiger partial charge is 0.411 e. The van der Waals surface area contributed by atoms with E-state index in [1.807, 2.05) is 13.0 Å². The first-order valence-electron chi connectivity index (χ1n) is 12.9. The lowest BCUT2D eigenvalue weighted by Crippen LogP contribution is -2.48. The highest BCUT2D eigenvalue weighted by atomic mass is 19.1. The number of amides is 3. The highest BCUT2D eigenvalue weighted by Gasteiger charge is 2.43. The summed E-state index contributed by atoms with van der Waals surface area (Å²) in [6, 6.07) is 13.6. The van der Waals surface area contributed by atoms with Crippen LogP contribution in [0.1, 0.15) is 60.2 Å². The molecule has 200 valence electrons. The van der Waals surface area contributed by atoms with Crippen LogP contribution in [0.5, 0.6) is 0 Å². The number of benzene rings is 2. The Morgan fingerprint density at radius 2 is 1.84 bits per heavy atom. The van der Waals surface area contributed by atoms with Crippen molar-refractivity contribution in [1.29, 1.82) is 5.26 Å². The maximum absolute atomic E-state index is 16.0. The third kappa shape index (κ3) is 5.80. The van der Waals surface area contributed by atoms with Crippen LogP contribution in [-0.2, 0) is 15.2 Å². The number of alkyl halides is 1. The predicted molar refractivity (Wildman–Crippen MR) is 140 cm³/mol. The van der Waals surface area contributed by atoms with Gasteiger partial charge < -0.3 is 14.5 Å². The number of rotatable bonds is 4. The molecule has 38 heavy (non-hydrogen) atoms. The number of halogens is 1. The van der Waals surface area contributed by atoms with Gasteiger partial charge in [-0.1, -0.05) is 25.1 Å². The first-order valence-corrected chi connectivity index (χ1v) is 12.9. The Bertz CT molecular complexity index is 1260. The molecule has 0 aromatic heterocycles. The molecule has 4 rings (SSSR count). The number of piperidine rings is 2. The molecule has 3 atom stereocenters. The topological polar surface area (TPSA) is 103 Å². The van der Waals surface area contributed by atoms with Gasteiger partial charge in [-0.25, -0.2) is 9.18 Å². The number of hydrogen-bond acceptors (Lipinski definition) is 5. The second-order valence-corrected chi connectivity index (χ2v) is 10.2. The van der Waals surface area contributed by atoms with E-state index in [4.69, 9.17) is 10.00 Å². The van der Waals surface area contributed by atoms with Crippen molar-refractivity contribution < 1.29 is 23.5 Å². The van der Waals surface area contributed by atoms with Gasteiger partial charge in [-0.15, -0.1) is 0 Å². The quantitative estimate of drug-likeness (QED) is 0.626. The Hall–Kier alpha value is -3.93. The number of likely N-dealkylation sites (tertiary alicyclic amines) is 2. The van der Waals surface area contributed by atoms with Gasteiger partial charge in [0.15, 0.2) is 0 Å². The van der Waals surface area contributed by atoms with Crippen molar-refractivity contribution in [3.05, 3.63) is 64.7 Å². The van der Waals surface area contributed by atoms with E-state index in [-0.39, 0.29) is 37.4 Å². The fraction of sp³-hybridized carbons (Fsp3) is 0.448. The number of carbonyl (C=O) groups is 3. The number of anilines is 1. The molecule has 2 aromatic carbocycles. The lowest BCUT2D eigenvalue weighted by Gasteiger charge is -2.42. The maximum atomic E-state index is 16.0. The van der Waals surface area contributed by atoms with E-state index in [2.05, 4.69) is 5.32 Å². The molecule has 8 nitrogen and oxygen atoms in total. The Morgan fingerprint density at radius 3 is 2.50 bits per heavy atom. The fourth-order valence-corrected chi connectivity index (χ4v) is 5.27. The molecule has 0 bridgehead atoms. The first kappa shape index (κ1) is 27.1. The second kappa shape index (κ2) is 11.2. The summed E-state index contributed by atoms with van der Waals surface area (Å²) in [6.45, 7) is 6.61. The van der Waals surface area contributed by atoms with Crippen LogP contribution in [0, 0.1) is 24.2 Å². The van der Waals surface area contributed by atoms with Crippen molar-refractivity contribution in [3.8, 4) is 6.07 Å². The molecule has 0 radical (unpaired) electrons. The molecule has 9 heteroatoms. The summed E-state index contributed by atoms with van der Waals surface area (Å²) < 4.78 is 21.5. The zero-order chi connectivity index (χ0) is 27.4. The Balaban J connectivity index is 1.40. The number of nitriles is 1. The lowest BCUT2D eigenvalue weighted by atomic mass is 9.78. The van der Waals surface area contributed by atoms with Crippen molar-refractivity contribution in [2.75, 3.05) is 31.5 Å². The molecule has 2 aliphatic heterocycles. The molecule has 2 fully saturated rings. The van der Waals surface area contributed by atoms with Gasteiger partial charge in [0.05, 0.1) is 18.2 Å². The summed E-state index contributed by atoms with van der Waals surface area (Å²) in [5.74, 6) is -0.721. The van der Waals surface area contributed by atoms with Crippen LogP contribution in [0.4, 0.5) is 14.9 Å². The van der Waals surface area contributed by atoms with Gasteiger partial charge in [0.25, 0.3) is 5.91 Å². The zero-order valence-corrected chi connectivity index (χ0v) is 22.0. The molecule has 1 N–H and O–H groups in total. The molecule has 2 heterocycles. The van der Waals surface area contributed by atoms with Crippen LogP contribution in [0.2, 0.25) is 0 Å². The van der Waals surface area contributed by atoms with Crippen molar-refractivity contribution in [2.24, 2.45) is 5.92 Å². The molecule has 0 saturated carbocycles. The average Bonchev–Trinajstić information content (AvgIpc) is 2.91. The van der Waals surface area contributed by atoms with Crippen LogP contribution in [-0.4, -0.2) is 60.0 Å². The van der Waals surface area contributed by atoms with Gasteiger partial charge in [0.2, 0.25) is 5.91 Å². The van der Waals surface area contributed by atoms with Crippen LogP contribution in [0.15, 0.2) is 42.5 Å². The predicted octanol–water partition coefficient (Wildman–Crippen LogP) is 4.77. The van der Waals surface area contributed by atoms with E-state index in [0.29, 0.717) is 41.9 Å².